The molecule has 0 aliphatic carbocycles. The monoisotopic (exact) mass is 289 g/mol. The number of fused-ring (bicyclic) bond motifs is 1. The van der Waals surface area contributed by atoms with Crippen LogP contribution in [0.25, 0.3) is 0 Å². The zero-order valence-corrected chi connectivity index (χ0v) is 12.5. The Bertz CT molecular complexity index is 580. The zero-order chi connectivity index (χ0) is 13.8. The Morgan fingerprint density at radius 3 is 2.75 bits per heavy atom. The summed E-state index contributed by atoms with van der Waals surface area (Å²) in [6.45, 7) is 5.35. The summed E-state index contributed by atoms with van der Waals surface area (Å²) < 4.78 is 11.1. The molecule has 0 bridgehead atoms. The van der Waals surface area contributed by atoms with Crippen LogP contribution in [0.1, 0.15) is 15.3 Å². The highest BCUT2D eigenvalue weighted by Crippen LogP contribution is 2.30. The topological polar surface area (TPSA) is 30.5 Å². The number of hydrogen-bond acceptors (Lipinski definition) is 4. The molecule has 4 heteroatoms. The SMILES string of the molecule is Cc1ccc(CNCCc2ccc3c(c2)OCCO3)s1. The molecule has 2 aromatic rings. The largest absolute Gasteiger partial charge is 0.486 e. The van der Waals surface area contributed by atoms with Crippen LogP contribution in [0.2, 0.25) is 0 Å². The van der Waals surface area contributed by atoms with Crippen LogP contribution in [-0.4, -0.2) is 19.8 Å². The Morgan fingerprint density at radius 1 is 1.10 bits per heavy atom. The Morgan fingerprint density at radius 2 is 1.95 bits per heavy atom. The molecule has 106 valence electrons. The summed E-state index contributed by atoms with van der Waals surface area (Å²) in [5.41, 5.74) is 1.28. The molecule has 0 amide bonds. The van der Waals surface area contributed by atoms with E-state index in [1.54, 1.807) is 0 Å². The second-order valence-corrected chi connectivity index (χ2v) is 6.29. The minimum atomic E-state index is 0.645. The first kappa shape index (κ1) is 13.5. The van der Waals surface area contributed by atoms with Crippen molar-refractivity contribution in [2.45, 2.75) is 19.9 Å². The van der Waals surface area contributed by atoms with Crippen molar-refractivity contribution in [3.63, 3.8) is 0 Å². The highest BCUT2D eigenvalue weighted by molar-refractivity contribution is 7.11. The summed E-state index contributed by atoms with van der Waals surface area (Å²) in [6, 6.07) is 10.6. The van der Waals surface area contributed by atoms with Crippen LogP contribution in [0.15, 0.2) is 30.3 Å². The normalized spacial score (nSPS) is 13.4. The van der Waals surface area contributed by atoms with Crippen LogP contribution in [-0.2, 0) is 13.0 Å². The standard InChI is InChI=1S/C16H19NO2S/c1-12-2-4-14(20-12)11-17-7-6-13-3-5-15-16(10-13)19-9-8-18-15/h2-5,10,17H,6-9,11H2,1H3. The molecule has 1 N–H and O–H groups in total. The molecule has 0 fully saturated rings. The van der Waals surface area contributed by atoms with Gasteiger partial charge in [0, 0.05) is 16.3 Å². The quantitative estimate of drug-likeness (QED) is 0.858. The molecule has 0 saturated heterocycles. The van der Waals surface area contributed by atoms with E-state index >= 15 is 0 Å². The van der Waals surface area contributed by atoms with Gasteiger partial charge >= 0.3 is 0 Å². The lowest BCUT2D eigenvalue weighted by Crippen LogP contribution is -2.17. The Kier molecular flexibility index (Phi) is 4.23. The summed E-state index contributed by atoms with van der Waals surface area (Å²) in [4.78, 5) is 2.76. The molecule has 1 aromatic carbocycles. The highest BCUT2D eigenvalue weighted by atomic mass is 32.1. The lowest BCUT2D eigenvalue weighted by molar-refractivity contribution is 0.171. The molecular formula is C16H19NO2S. The summed E-state index contributed by atoms with van der Waals surface area (Å²) in [5.74, 6) is 1.74. The number of hydrogen-bond donors (Lipinski definition) is 1. The van der Waals surface area contributed by atoms with Crippen molar-refractivity contribution in [3.05, 3.63) is 45.6 Å². The number of nitrogens with one attached hydrogen (secondary N) is 1. The van der Waals surface area contributed by atoms with Crippen molar-refractivity contribution in [2.24, 2.45) is 0 Å². The van der Waals surface area contributed by atoms with E-state index in [0.717, 1.165) is 31.0 Å². The molecule has 3 rings (SSSR count). The van der Waals surface area contributed by atoms with Gasteiger partial charge in [-0.05, 0) is 49.7 Å². The molecule has 0 radical (unpaired) electrons. The molecule has 0 unspecified atom stereocenters. The maximum absolute atomic E-state index is 5.60. The van der Waals surface area contributed by atoms with Gasteiger partial charge in [0.25, 0.3) is 0 Å². The van der Waals surface area contributed by atoms with Crippen LogP contribution in [0.5, 0.6) is 11.5 Å². The van der Waals surface area contributed by atoms with Crippen molar-refractivity contribution in [3.8, 4) is 11.5 Å². The number of aryl methyl sites for hydroxylation is 1. The fourth-order valence-electron chi connectivity index (χ4n) is 2.27. The third-order valence-electron chi connectivity index (χ3n) is 3.29. The summed E-state index contributed by atoms with van der Waals surface area (Å²) in [6.07, 6.45) is 1.00. The van der Waals surface area contributed by atoms with Crippen molar-refractivity contribution in [1.82, 2.24) is 5.32 Å². The van der Waals surface area contributed by atoms with E-state index in [4.69, 9.17) is 9.47 Å². The van der Waals surface area contributed by atoms with Crippen LogP contribution < -0.4 is 14.8 Å². The van der Waals surface area contributed by atoms with E-state index in [1.807, 2.05) is 17.4 Å². The maximum atomic E-state index is 5.60. The van der Waals surface area contributed by atoms with Gasteiger partial charge in [-0.25, -0.2) is 0 Å². The van der Waals surface area contributed by atoms with Gasteiger partial charge < -0.3 is 14.8 Å². The Balaban J connectivity index is 1.48. The van der Waals surface area contributed by atoms with Gasteiger partial charge in [0.15, 0.2) is 11.5 Å². The maximum Gasteiger partial charge on any atom is 0.161 e. The fraction of sp³-hybridized carbons (Fsp3) is 0.375. The number of benzene rings is 1. The first-order valence-electron chi connectivity index (χ1n) is 6.96. The Labute approximate surface area is 123 Å². The van der Waals surface area contributed by atoms with E-state index in [9.17, 15) is 0 Å². The first-order valence-corrected chi connectivity index (χ1v) is 7.77. The Hall–Kier alpha value is -1.52. The van der Waals surface area contributed by atoms with Crippen molar-refractivity contribution in [1.29, 1.82) is 0 Å². The van der Waals surface area contributed by atoms with E-state index in [2.05, 4.69) is 36.5 Å². The summed E-state index contributed by atoms with van der Waals surface area (Å²) >= 11 is 1.85. The van der Waals surface area contributed by atoms with Crippen molar-refractivity contribution < 1.29 is 9.47 Å². The van der Waals surface area contributed by atoms with E-state index in [-0.39, 0.29) is 0 Å². The number of ether oxygens (including phenoxy) is 2. The van der Waals surface area contributed by atoms with Gasteiger partial charge in [-0.3, -0.25) is 0 Å². The van der Waals surface area contributed by atoms with Gasteiger partial charge in [0.1, 0.15) is 13.2 Å². The van der Waals surface area contributed by atoms with Crippen molar-refractivity contribution >= 4 is 11.3 Å². The van der Waals surface area contributed by atoms with Crippen molar-refractivity contribution in [2.75, 3.05) is 19.8 Å². The summed E-state index contributed by atoms with van der Waals surface area (Å²) in [7, 11) is 0. The van der Waals surface area contributed by atoms with Gasteiger partial charge in [0.05, 0.1) is 0 Å². The predicted molar refractivity (Wildman–Crippen MR) is 81.9 cm³/mol. The predicted octanol–water partition coefficient (Wildman–Crippen LogP) is 3.16. The minimum Gasteiger partial charge on any atom is -0.486 e. The molecule has 1 aliphatic heterocycles. The number of thiophene rings is 1. The molecular weight excluding hydrogens is 270 g/mol. The lowest BCUT2D eigenvalue weighted by atomic mass is 10.1. The average molecular weight is 289 g/mol. The second-order valence-electron chi connectivity index (χ2n) is 4.92. The van der Waals surface area contributed by atoms with Gasteiger partial charge in [-0.1, -0.05) is 6.07 Å². The van der Waals surface area contributed by atoms with Crippen LogP contribution in [0, 0.1) is 6.92 Å². The average Bonchev–Trinajstić information content (AvgIpc) is 2.89. The molecule has 20 heavy (non-hydrogen) atoms. The smallest absolute Gasteiger partial charge is 0.161 e. The van der Waals surface area contributed by atoms with E-state index in [1.165, 1.54) is 15.3 Å². The van der Waals surface area contributed by atoms with Crippen LogP contribution in [0.3, 0.4) is 0 Å². The molecule has 0 spiro atoms. The summed E-state index contributed by atoms with van der Waals surface area (Å²) in [5, 5.41) is 3.48. The third kappa shape index (κ3) is 3.32. The van der Waals surface area contributed by atoms with E-state index in [0.29, 0.717) is 13.2 Å². The fourth-order valence-corrected chi connectivity index (χ4v) is 3.13. The molecule has 1 aromatic heterocycles. The lowest BCUT2D eigenvalue weighted by Gasteiger charge is -2.18. The van der Waals surface area contributed by atoms with E-state index < -0.39 is 0 Å². The van der Waals surface area contributed by atoms with Crippen LogP contribution >= 0.6 is 11.3 Å². The molecule has 3 nitrogen and oxygen atoms in total. The molecule has 2 heterocycles. The zero-order valence-electron chi connectivity index (χ0n) is 11.6. The third-order valence-corrected chi connectivity index (χ3v) is 4.29. The van der Waals surface area contributed by atoms with Crippen LogP contribution in [0.4, 0.5) is 0 Å². The van der Waals surface area contributed by atoms with Gasteiger partial charge in [-0.2, -0.15) is 0 Å². The minimum absolute atomic E-state index is 0.645. The van der Waals surface area contributed by atoms with Gasteiger partial charge in [-0.15, -0.1) is 11.3 Å². The second kappa shape index (κ2) is 6.29. The highest BCUT2D eigenvalue weighted by Gasteiger charge is 2.11. The first-order chi connectivity index (χ1) is 9.81. The molecule has 0 atom stereocenters. The van der Waals surface area contributed by atoms with Gasteiger partial charge in [0.2, 0.25) is 0 Å². The number of rotatable bonds is 5. The molecule has 1 aliphatic rings. The molecule has 0 saturated carbocycles.